The van der Waals surface area contributed by atoms with Crippen molar-refractivity contribution < 1.29 is 14.3 Å². The number of ether oxygens (including phenoxy) is 2. The molecule has 1 N–H and O–H groups in total. The summed E-state index contributed by atoms with van der Waals surface area (Å²) in [5, 5.41) is 12.3. The highest BCUT2D eigenvalue weighted by atomic mass is 35.5. The van der Waals surface area contributed by atoms with Gasteiger partial charge < -0.3 is 14.8 Å². The predicted octanol–water partition coefficient (Wildman–Crippen LogP) is 5.06. The van der Waals surface area contributed by atoms with Crippen LogP contribution in [-0.4, -0.2) is 70.3 Å². The topological polar surface area (TPSA) is 84.8 Å². The first kappa shape index (κ1) is 29.2. The fourth-order valence-electron chi connectivity index (χ4n) is 5.93. The molecule has 0 spiro atoms. The molecule has 1 saturated heterocycles. The van der Waals surface area contributed by atoms with Crippen LogP contribution >= 0.6 is 11.6 Å². The van der Waals surface area contributed by atoms with Crippen LogP contribution < -0.4 is 14.8 Å². The maximum atomic E-state index is 13.0. The predicted molar refractivity (Wildman–Crippen MR) is 167 cm³/mol. The number of aryl methyl sites for hydroxylation is 3. The average Bonchev–Trinajstić information content (AvgIpc) is 3.25. The van der Waals surface area contributed by atoms with Gasteiger partial charge in [-0.1, -0.05) is 29.8 Å². The van der Waals surface area contributed by atoms with E-state index in [-0.39, 0.29) is 5.91 Å². The van der Waals surface area contributed by atoms with Crippen LogP contribution in [0, 0.1) is 6.92 Å². The number of hydrogen-bond donors (Lipinski definition) is 1. The maximum Gasteiger partial charge on any atom is 0.238 e. The molecule has 2 aliphatic heterocycles. The van der Waals surface area contributed by atoms with E-state index in [4.69, 9.17) is 21.1 Å². The Labute approximate surface area is 257 Å². The number of carbonyl (C=O) groups excluding carboxylic acids is 1. The van der Waals surface area contributed by atoms with Crippen LogP contribution in [0.25, 0.3) is 5.69 Å². The quantitative estimate of drug-likeness (QED) is 0.287. The molecular weight excluding hydrogens is 564 g/mol. The zero-order valence-corrected chi connectivity index (χ0v) is 25.4. The Kier molecular flexibility index (Phi) is 8.92. The lowest BCUT2D eigenvalue weighted by Gasteiger charge is -2.22. The van der Waals surface area contributed by atoms with E-state index in [0.29, 0.717) is 29.7 Å². The zero-order chi connectivity index (χ0) is 29.8. The van der Waals surface area contributed by atoms with E-state index in [0.717, 1.165) is 80.6 Å². The Hall–Kier alpha value is -3.92. The second-order valence-electron chi connectivity index (χ2n) is 11.2. The van der Waals surface area contributed by atoms with E-state index in [1.54, 1.807) is 7.11 Å². The molecule has 1 amide bonds. The number of methoxy groups -OCH3 is 1. The molecule has 0 bridgehead atoms. The molecule has 224 valence electrons. The van der Waals surface area contributed by atoms with E-state index in [2.05, 4.69) is 48.1 Å². The molecule has 6 rings (SSSR count). The van der Waals surface area contributed by atoms with Crippen molar-refractivity contribution in [3.8, 4) is 17.2 Å². The van der Waals surface area contributed by atoms with Crippen molar-refractivity contribution in [1.29, 1.82) is 0 Å². The first-order valence-electron chi connectivity index (χ1n) is 14.8. The average molecular weight is 601 g/mol. The van der Waals surface area contributed by atoms with Gasteiger partial charge >= 0.3 is 0 Å². The summed E-state index contributed by atoms with van der Waals surface area (Å²) < 4.78 is 13.8. The third-order valence-electron chi connectivity index (χ3n) is 8.08. The summed E-state index contributed by atoms with van der Waals surface area (Å²) in [4.78, 5) is 17.7. The molecule has 3 heterocycles. The summed E-state index contributed by atoms with van der Waals surface area (Å²) in [5.41, 5.74) is 5.32. The van der Waals surface area contributed by atoms with Crippen LogP contribution in [0.2, 0.25) is 5.02 Å². The molecular formula is C33H37ClN6O3. The molecule has 43 heavy (non-hydrogen) atoms. The minimum absolute atomic E-state index is 0.0171. The van der Waals surface area contributed by atoms with Gasteiger partial charge in [-0.15, -0.1) is 10.2 Å². The summed E-state index contributed by atoms with van der Waals surface area (Å²) in [6, 6.07) is 19.9. The third-order valence-corrected chi connectivity index (χ3v) is 8.32. The van der Waals surface area contributed by atoms with Gasteiger partial charge in [0.15, 0.2) is 11.5 Å². The van der Waals surface area contributed by atoms with E-state index in [9.17, 15) is 4.79 Å². The molecule has 0 unspecified atom stereocenters. The molecule has 1 aromatic heterocycles. The Morgan fingerprint density at radius 2 is 1.79 bits per heavy atom. The summed E-state index contributed by atoms with van der Waals surface area (Å²) >= 11 is 6.10. The van der Waals surface area contributed by atoms with Crippen LogP contribution in [0.1, 0.15) is 34.8 Å². The smallest absolute Gasteiger partial charge is 0.238 e. The molecule has 4 aromatic rings. The van der Waals surface area contributed by atoms with Crippen LogP contribution in [0.3, 0.4) is 0 Å². The SMILES string of the molecule is COc1cc(CN2CCCN(CC(=O)Nc3ccc4c(c3)CCc3nnc(C)n3-4)CC2)ccc1OCc1cccc(Cl)c1. The molecule has 0 atom stereocenters. The normalized spacial score (nSPS) is 15.3. The largest absolute Gasteiger partial charge is 0.493 e. The molecule has 0 radical (unpaired) electrons. The number of nitrogens with zero attached hydrogens (tertiary/aromatic N) is 5. The lowest BCUT2D eigenvalue weighted by molar-refractivity contribution is -0.117. The van der Waals surface area contributed by atoms with Gasteiger partial charge in [0.25, 0.3) is 0 Å². The number of fused-ring (bicyclic) bond motifs is 3. The van der Waals surface area contributed by atoms with E-state index in [1.807, 2.05) is 49.4 Å². The molecule has 0 aliphatic carbocycles. The van der Waals surface area contributed by atoms with Crippen molar-refractivity contribution in [2.45, 2.75) is 39.3 Å². The second kappa shape index (κ2) is 13.2. The molecule has 2 aliphatic rings. The van der Waals surface area contributed by atoms with Crippen molar-refractivity contribution in [2.75, 3.05) is 45.2 Å². The lowest BCUT2D eigenvalue weighted by atomic mass is 10.0. The number of benzene rings is 3. The zero-order valence-electron chi connectivity index (χ0n) is 24.7. The van der Waals surface area contributed by atoms with Crippen molar-refractivity contribution in [3.05, 3.63) is 94.0 Å². The number of aromatic nitrogens is 3. The molecule has 10 heteroatoms. The van der Waals surface area contributed by atoms with Crippen molar-refractivity contribution in [1.82, 2.24) is 24.6 Å². The number of rotatable bonds is 9. The highest BCUT2D eigenvalue weighted by molar-refractivity contribution is 6.30. The van der Waals surface area contributed by atoms with E-state index in [1.165, 1.54) is 11.1 Å². The fourth-order valence-corrected chi connectivity index (χ4v) is 6.14. The van der Waals surface area contributed by atoms with Crippen molar-refractivity contribution >= 4 is 23.2 Å². The Morgan fingerprint density at radius 1 is 0.930 bits per heavy atom. The van der Waals surface area contributed by atoms with Crippen LogP contribution in [0.4, 0.5) is 5.69 Å². The Balaban J connectivity index is 0.999. The van der Waals surface area contributed by atoms with Crippen LogP contribution in [-0.2, 0) is 30.8 Å². The Bertz CT molecular complexity index is 1610. The summed E-state index contributed by atoms with van der Waals surface area (Å²) in [6.45, 7) is 7.18. The van der Waals surface area contributed by atoms with Gasteiger partial charge in [0, 0.05) is 36.8 Å². The van der Waals surface area contributed by atoms with Gasteiger partial charge in [-0.3, -0.25) is 19.2 Å². The van der Waals surface area contributed by atoms with Gasteiger partial charge in [-0.05, 0) is 92.0 Å². The minimum Gasteiger partial charge on any atom is -0.493 e. The first-order chi connectivity index (χ1) is 20.9. The lowest BCUT2D eigenvalue weighted by Crippen LogP contribution is -2.36. The third kappa shape index (κ3) is 7.01. The second-order valence-corrected chi connectivity index (χ2v) is 11.6. The molecule has 1 fully saturated rings. The maximum absolute atomic E-state index is 13.0. The van der Waals surface area contributed by atoms with E-state index >= 15 is 0 Å². The number of nitrogens with one attached hydrogen (secondary N) is 1. The number of amides is 1. The van der Waals surface area contributed by atoms with Crippen molar-refractivity contribution in [3.63, 3.8) is 0 Å². The summed E-state index contributed by atoms with van der Waals surface area (Å²) in [6.07, 6.45) is 2.75. The number of anilines is 1. The fraction of sp³-hybridized carbons (Fsp3) is 0.364. The van der Waals surface area contributed by atoms with Gasteiger partial charge in [0.1, 0.15) is 18.3 Å². The molecule has 9 nitrogen and oxygen atoms in total. The summed E-state index contributed by atoms with van der Waals surface area (Å²) in [5.74, 6) is 3.32. The van der Waals surface area contributed by atoms with E-state index < -0.39 is 0 Å². The van der Waals surface area contributed by atoms with Crippen molar-refractivity contribution in [2.24, 2.45) is 0 Å². The number of carbonyl (C=O) groups is 1. The highest BCUT2D eigenvalue weighted by Crippen LogP contribution is 2.30. The van der Waals surface area contributed by atoms with Crippen LogP contribution in [0.15, 0.2) is 60.7 Å². The van der Waals surface area contributed by atoms with Gasteiger partial charge in [-0.25, -0.2) is 0 Å². The molecule has 0 saturated carbocycles. The minimum atomic E-state index is 0.0171. The summed E-state index contributed by atoms with van der Waals surface area (Å²) in [7, 11) is 1.66. The standard InChI is InChI=1S/C33H37ClN6O3/c1-23-36-37-32-12-8-26-19-28(9-10-29(26)40(23)32)35-33(41)21-39-14-4-13-38(15-16-39)20-24-7-11-30(31(18-24)42-2)43-22-25-5-3-6-27(34)17-25/h3,5-7,9-11,17-19H,4,8,12-16,20-22H2,1-2H3,(H,35,41). The highest BCUT2D eigenvalue weighted by Gasteiger charge is 2.21. The van der Waals surface area contributed by atoms with Gasteiger partial charge in [0.2, 0.25) is 5.91 Å². The van der Waals surface area contributed by atoms with Gasteiger partial charge in [-0.2, -0.15) is 0 Å². The first-order valence-corrected chi connectivity index (χ1v) is 15.2. The van der Waals surface area contributed by atoms with Gasteiger partial charge in [0.05, 0.1) is 19.3 Å². The number of hydrogen-bond acceptors (Lipinski definition) is 7. The number of halogens is 1. The molecule has 3 aromatic carbocycles. The Morgan fingerprint density at radius 3 is 2.65 bits per heavy atom. The van der Waals surface area contributed by atoms with Crippen LogP contribution in [0.5, 0.6) is 11.5 Å². The monoisotopic (exact) mass is 600 g/mol.